The van der Waals surface area contributed by atoms with Gasteiger partial charge in [-0.15, -0.1) is 11.3 Å². The number of Topliss-reactive ketones (excluding diaryl/α,β-unsaturated/α-hetero) is 1. The van der Waals surface area contributed by atoms with Gasteiger partial charge >= 0.3 is 0 Å². The Morgan fingerprint density at radius 2 is 1.90 bits per heavy atom. The van der Waals surface area contributed by atoms with E-state index >= 15 is 0 Å². The number of aromatic amines is 1. The van der Waals surface area contributed by atoms with Crippen LogP contribution in [-0.4, -0.2) is 16.7 Å². The molecule has 2 rings (SSSR count). The van der Waals surface area contributed by atoms with Crippen molar-refractivity contribution in [1.29, 1.82) is 0 Å². The third-order valence-corrected chi connectivity index (χ3v) is 4.28. The van der Waals surface area contributed by atoms with E-state index in [1.807, 2.05) is 19.9 Å². The van der Waals surface area contributed by atoms with Gasteiger partial charge in [0.15, 0.2) is 5.78 Å². The standard InChI is InChI=1S/C15H16N2O3S/c1-8-6-9(2)17-14(19)11(8)7-16-15(20)13-5-4-12(21-13)10(3)18/h4-6H,7H2,1-3H3,(H,16,20)(H,17,19). The Morgan fingerprint density at radius 1 is 1.24 bits per heavy atom. The van der Waals surface area contributed by atoms with Crippen molar-refractivity contribution in [3.8, 4) is 0 Å². The van der Waals surface area contributed by atoms with E-state index in [0.29, 0.717) is 15.3 Å². The summed E-state index contributed by atoms with van der Waals surface area (Å²) in [5.74, 6) is -0.350. The molecule has 0 saturated carbocycles. The Morgan fingerprint density at radius 3 is 2.48 bits per heavy atom. The average molecular weight is 304 g/mol. The summed E-state index contributed by atoms with van der Waals surface area (Å²) in [6.07, 6.45) is 0. The fourth-order valence-corrected chi connectivity index (χ4v) is 2.82. The van der Waals surface area contributed by atoms with E-state index in [0.717, 1.165) is 22.6 Å². The number of hydrogen-bond donors (Lipinski definition) is 2. The first-order valence-electron chi connectivity index (χ1n) is 6.47. The molecule has 0 aliphatic rings. The van der Waals surface area contributed by atoms with Gasteiger partial charge in [0.25, 0.3) is 11.5 Å². The molecule has 0 unspecified atom stereocenters. The molecule has 0 aliphatic heterocycles. The third-order valence-electron chi connectivity index (χ3n) is 3.10. The fourth-order valence-electron chi connectivity index (χ4n) is 2.01. The number of thiophene rings is 1. The Labute approximate surface area is 126 Å². The van der Waals surface area contributed by atoms with Crippen molar-refractivity contribution >= 4 is 23.0 Å². The lowest BCUT2D eigenvalue weighted by atomic mass is 10.1. The summed E-state index contributed by atoms with van der Waals surface area (Å²) >= 11 is 1.15. The maximum absolute atomic E-state index is 12.0. The highest BCUT2D eigenvalue weighted by molar-refractivity contribution is 7.15. The number of carbonyl (C=O) groups excluding carboxylic acids is 2. The van der Waals surface area contributed by atoms with Crippen LogP contribution >= 0.6 is 11.3 Å². The fraction of sp³-hybridized carbons (Fsp3) is 0.267. The molecular weight excluding hydrogens is 288 g/mol. The first-order valence-corrected chi connectivity index (χ1v) is 7.28. The summed E-state index contributed by atoms with van der Waals surface area (Å²) in [5, 5.41) is 2.71. The molecular formula is C15H16N2O3S. The molecule has 0 aromatic carbocycles. The molecule has 5 nitrogen and oxygen atoms in total. The number of carbonyl (C=O) groups is 2. The third kappa shape index (κ3) is 3.46. The quantitative estimate of drug-likeness (QED) is 0.850. The average Bonchev–Trinajstić information content (AvgIpc) is 2.86. The van der Waals surface area contributed by atoms with Crippen molar-refractivity contribution in [2.45, 2.75) is 27.3 Å². The van der Waals surface area contributed by atoms with Gasteiger partial charge in [0.2, 0.25) is 0 Å². The van der Waals surface area contributed by atoms with Crippen LogP contribution in [0, 0.1) is 13.8 Å². The lowest BCUT2D eigenvalue weighted by molar-refractivity contribution is 0.0954. The predicted octanol–water partition coefficient (Wildman–Crippen LogP) is 2.19. The van der Waals surface area contributed by atoms with Crippen LogP contribution in [0.15, 0.2) is 23.0 Å². The summed E-state index contributed by atoms with van der Waals surface area (Å²) in [7, 11) is 0. The number of amides is 1. The lowest BCUT2D eigenvalue weighted by Gasteiger charge is -2.07. The second-order valence-electron chi connectivity index (χ2n) is 4.85. The van der Waals surface area contributed by atoms with Crippen LogP contribution in [0.3, 0.4) is 0 Å². The molecule has 2 aromatic heterocycles. The summed E-state index contributed by atoms with van der Waals surface area (Å²) in [6.45, 7) is 5.27. The van der Waals surface area contributed by atoms with E-state index < -0.39 is 0 Å². The molecule has 0 saturated heterocycles. The van der Waals surface area contributed by atoms with E-state index in [2.05, 4.69) is 10.3 Å². The minimum absolute atomic E-state index is 0.0649. The molecule has 0 spiro atoms. The molecule has 1 amide bonds. The molecule has 2 N–H and O–H groups in total. The van der Waals surface area contributed by atoms with Gasteiger partial charge in [-0.1, -0.05) is 0 Å². The van der Waals surface area contributed by atoms with Gasteiger partial charge in [0.05, 0.1) is 9.75 Å². The number of pyridine rings is 1. The normalized spacial score (nSPS) is 10.4. The smallest absolute Gasteiger partial charge is 0.261 e. The second-order valence-corrected chi connectivity index (χ2v) is 5.93. The Balaban J connectivity index is 2.11. The largest absolute Gasteiger partial charge is 0.347 e. The maximum Gasteiger partial charge on any atom is 0.261 e. The Hall–Kier alpha value is -2.21. The highest BCUT2D eigenvalue weighted by Crippen LogP contribution is 2.17. The van der Waals surface area contributed by atoms with Crippen LogP contribution < -0.4 is 10.9 Å². The van der Waals surface area contributed by atoms with Crippen molar-refractivity contribution in [3.63, 3.8) is 0 Å². The molecule has 6 heteroatoms. The predicted molar refractivity (Wildman–Crippen MR) is 82.0 cm³/mol. The number of aromatic nitrogens is 1. The molecule has 0 fully saturated rings. The van der Waals surface area contributed by atoms with Gasteiger partial charge in [-0.3, -0.25) is 14.4 Å². The molecule has 21 heavy (non-hydrogen) atoms. The zero-order valence-electron chi connectivity index (χ0n) is 12.1. The number of rotatable bonds is 4. The summed E-state index contributed by atoms with van der Waals surface area (Å²) in [4.78, 5) is 38.8. The molecule has 110 valence electrons. The van der Waals surface area contributed by atoms with Crippen molar-refractivity contribution in [2.75, 3.05) is 0 Å². The van der Waals surface area contributed by atoms with E-state index in [1.54, 1.807) is 12.1 Å². The van der Waals surface area contributed by atoms with Crippen LogP contribution in [0.5, 0.6) is 0 Å². The van der Waals surface area contributed by atoms with Gasteiger partial charge in [-0.25, -0.2) is 0 Å². The minimum atomic E-state index is -0.285. The number of H-pyrrole nitrogens is 1. The molecule has 0 bridgehead atoms. The number of hydrogen-bond acceptors (Lipinski definition) is 4. The van der Waals surface area contributed by atoms with Crippen LogP contribution in [0.4, 0.5) is 0 Å². The summed E-state index contributed by atoms with van der Waals surface area (Å²) in [6, 6.07) is 5.11. The highest BCUT2D eigenvalue weighted by Gasteiger charge is 2.12. The van der Waals surface area contributed by atoms with Gasteiger partial charge < -0.3 is 10.3 Å². The summed E-state index contributed by atoms with van der Waals surface area (Å²) in [5.41, 5.74) is 1.98. The second kappa shape index (κ2) is 6.05. The number of aryl methyl sites for hydroxylation is 2. The van der Waals surface area contributed by atoms with E-state index in [1.165, 1.54) is 6.92 Å². The minimum Gasteiger partial charge on any atom is -0.347 e. The van der Waals surface area contributed by atoms with Crippen molar-refractivity contribution in [3.05, 3.63) is 55.1 Å². The first-order chi connectivity index (χ1) is 9.88. The summed E-state index contributed by atoms with van der Waals surface area (Å²) < 4.78 is 0. The lowest BCUT2D eigenvalue weighted by Crippen LogP contribution is -2.27. The van der Waals surface area contributed by atoms with Crippen molar-refractivity contribution < 1.29 is 9.59 Å². The van der Waals surface area contributed by atoms with Gasteiger partial charge in [-0.2, -0.15) is 0 Å². The highest BCUT2D eigenvalue weighted by atomic mass is 32.1. The molecule has 2 heterocycles. The van der Waals surface area contributed by atoms with Crippen LogP contribution in [0.2, 0.25) is 0 Å². The number of nitrogens with one attached hydrogen (secondary N) is 2. The van der Waals surface area contributed by atoms with E-state index in [-0.39, 0.29) is 23.8 Å². The molecule has 0 radical (unpaired) electrons. The Bertz CT molecular complexity index is 759. The molecule has 2 aromatic rings. The van der Waals surface area contributed by atoms with Gasteiger partial charge in [0, 0.05) is 17.8 Å². The van der Waals surface area contributed by atoms with Crippen LogP contribution in [0.1, 0.15) is 43.1 Å². The van der Waals surface area contributed by atoms with Crippen LogP contribution in [-0.2, 0) is 6.54 Å². The SMILES string of the molecule is CC(=O)c1ccc(C(=O)NCc2c(C)cc(C)[nH]c2=O)s1. The Kier molecular flexibility index (Phi) is 4.37. The van der Waals surface area contributed by atoms with Crippen molar-refractivity contribution in [1.82, 2.24) is 10.3 Å². The number of ketones is 1. The van der Waals surface area contributed by atoms with Crippen LogP contribution in [0.25, 0.3) is 0 Å². The molecule has 0 atom stereocenters. The zero-order valence-corrected chi connectivity index (χ0v) is 12.9. The zero-order chi connectivity index (χ0) is 15.6. The first kappa shape index (κ1) is 15.2. The van der Waals surface area contributed by atoms with Gasteiger partial charge in [-0.05, 0) is 44.5 Å². The molecule has 0 aliphatic carbocycles. The topological polar surface area (TPSA) is 79.0 Å². The monoisotopic (exact) mass is 304 g/mol. The van der Waals surface area contributed by atoms with E-state index in [4.69, 9.17) is 0 Å². The van der Waals surface area contributed by atoms with E-state index in [9.17, 15) is 14.4 Å². The van der Waals surface area contributed by atoms with Crippen molar-refractivity contribution in [2.24, 2.45) is 0 Å². The van der Waals surface area contributed by atoms with Gasteiger partial charge in [0.1, 0.15) is 0 Å². The maximum atomic E-state index is 12.0.